The number of carbonyl (C=O) groups excluding carboxylic acids is 2. The molecule has 0 aromatic heterocycles. The zero-order valence-corrected chi connectivity index (χ0v) is 17.6. The number of nitrogens with zero attached hydrogens (tertiary/aromatic N) is 1. The maximum absolute atomic E-state index is 13.1. The van der Waals surface area contributed by atoms with Crippen molar-refractivity contribution in [2.45, 2.75) is 6.54 Å². The molecule has 0 atom stereocenters. The first-order valence-electron chi connectivity index (χ1n) is 9.67. The van der Waals surface area contributed by atoms with Gasteiger partial charge in [-0.2, -0.15) is 0 Å². The van der Waals surface area contributed by atoms with Crippen LogP contribution >= 0.6 is 0 Å². The number of amides is 2. The summed E-state index contributed by atoms with van der Waals surface area (Å²) in [6.07, 6.45) is 0. The van der Waals surface area contributed by atoms with Crippen LogP contribution in [0.2, 0.25) is 0 Å². The zero-order valence-electron chi connectivity index (χ0n) is 17.6. The fourth-order valence-electron chi connectivity index (χ4n) is 3.03. The van der Waals surface area contributed by atoms with Crippen LogP contribution in [0.5, 0.6) is 5.75 Å². The summed E-state index contributed by atoms with van der Waals surface area (Å²) in [4.78, 5) is 27.3. The highest BCUT2D eigenvalue weighted by Gasteiger charge is 2.15. The van der Waals surface area contributed by atoms with Crippen molar-refractivity contribution in [3.63, 3.8) is 0 Å². The summed E-state index contributed by atoms with van der Waals surface area (Å²) in [5.41, 5.74) is 2.83. The van der Waals surface area contributed by atoms with Crippen LogP contribution in [-0.2, 0) is 6.54 Å². The number of methoxy groups -OCH3 is 1. The first kappa shape index (κ1) is 21.8. The molecule has 31 heavy (non-hydrogen) atoms. The first-order chi connectivity index (χ1) is 14.9. The van der Waals surface area contributed by atoms with Crippen LogP contribution in [-0.4, -0.2) is 33.0 Å². The van der Waals surface area contributed by atoms with E-state index < -0.39 is 0 Å². The van der Waals surface area contributed by atoms with E-state index in [1.54, 1.807) is 54.6 Å². The van der Waals surface area contributed by atoms with Crippen molar-refractivity contribution < 1.29 is 18.7 Å². The van der Waals surface area contributed by atoms with Crippen molar-refractivity contribution in [2.75, 3.05) is 31.4 Å². The molecule has 0 heterocycles. The van der Waals surface area contributed by atoms with E-state index in [-0.39, 0.29) is 24.2 Å². The van der Waals surface area contributed by atoms with E-state index in [9.17, 15) is 14.0 Å². The average Bonchev–Trinajstić information content (AvgIpc) is 2.78. The molecule has 0 aliphatic rings. The van der Waals surface area contributed by atoms with Gasteiger partial charge in [-0.25, -0.2) is 4.39 Å². The summed E-state index contributed by atoms with van der Waals surface area (Å²) < 4.78 is 18.2. The lowest BCUT2D eigenvalue weighted by atomic mass is 10.1. The van der Waals surface area contributed by atoms with Crippen molar-refractivity contribution in [2.24, 2.45) is 0 Å². The van der Waals surface area contributed by atoms with Crippen molar-refractivity contribution >= 4 is 23.2 Å². The summed E-state index contributed by atoms with van der Waals surface area (Å²) in [6, 6.07) is 17.9. The van der Waals surface area contributed by atoms with Gasteiger partial charge in [-0.05, 0) is 54.1 Å². The molecule has 0 spiro atoms. The number of halogens is 1. The van der Waals surface area contributed by atoms with Crippen LogP contribution in [0.1, 0.15) is 26.3 Å². The summed E-state index contributed by atoms with van der Waals surface area (Å²) in [5, 5.41) is 5.66. The lowest BCUT2D eigenvalue weighted by Crippen LogP contribution is -2.25. The van der Waals surface area contributed by atoms with Crippen molar-refractivity contribution in [3.05, 3.63) is 89.2 Å². The van der Waals surface area contributed by atoms with Crippen LogP contribution < -0.4 is 20.3 Å². The highest BCUT2D eigenvalue weighted by atomic mass is 19.1. The molecule has 3 aromatic rings. The van der Waals surface area contributed by atoms with Gasteiger partial charge in [0.25, 0.3) is 11.8 Å². The zero-order chi connectivity index (χ0) is 22.4. The average molecular weight is 421 g/mol. The summed E-state index contributed by atoms with van der Waals surface area (Å²) in [5.74, 6) is -0.361. The van der Waals surface area contributed by atoms with Crippen molar-refractivity contribution in [1.82, 2.24) is 5.32 Å². The van der Waals surface area contributed by atoms with E-state index in [0.29, 0.717) is 28.3 Å². The molecule has 0 saturated heterocycles. The third-order valence-corrected chi connectivity index (χ3v) is 4.68. The van der Waals surface area contributed by atoms with Gasteiger partial charge in [0.05, 0.1) is 12.7 Å². The minimum Gasteiger partial charge on any atom is -0.497 e. The Morgan fingerprint density at radius 1 is 0.968 bits per heavy atom. The molecule has 6 nitrogen and oxygen atoms in total. The van der Waals surface area contributed by atoms with Gasteiger partial charge in [-0.15, -0.1) is 0 Å². The fourth-order valence-corrected chi connectivity index (χ4v) is 3.03. The molecule has 160 valence electrons. The monoisotopic (exact) mass is 421 g/mol. The van der Waals surface area contributed by atoms with E-state index >= 15 is 0 Å². The third-order valence-electron chi connectivity index (χ3n) is 4.68. The Bertz CT molecular complexity index is 1080. The molecular weight excluding hydrogens is 397 g/mol. The number of hydrogen-bond donors (Lipinski definition) is 2. The minimum atomic E-state index is -0.329. The Morgan fingerprint density at radius 3 is 2.39 bits per heavy atom. The second-order valence-electron chi connectivity index (χ2n) is 7.12. The van der Waals surface area contributed by atoms with E-state index in [1.165, 1.54) is 19.2 Å². The predicted octanol–water partition coefficient (Wildman–Crippen LogP) is 4.08. The Kier molecular flexibility index (Phi) is 6.87. The topological polar surface area (TPSA) is 70.7 Å². The van der Waals surface area contributed by atoms with Gasteiger partial charge < -0.3 is 20.3 Å². The van der Waals surface area contributed by atoms with Gasteiger partial charge in [0.15, 0.2) is 0 Å². The Morgan fingerprint density at radius 2 is 1.71 bits per heavy atom. The number of ether oxygens (including phenoxy) is 1. The summed E-state index contributed by atoms with van der Waals surface area (Å²) in [6.45, 7) is 0.256. The van der Waals surface area contributed by atoms with E-state index in [1.807, 2.05) is 19.0 Å². The number of carbonyl (C=O) groups is 2. The maximum Gasteiger partial charge on any atom is 0.255 e. The predicted molar refractivity (Wildman–Crippen MR) is 119 cm³/mol. The first-order valence-corrected chi connectivity index (χ1v) is 9.67. The SMILES string of the molecule is COc1cccc(C(=O)Nc2ccc(N(C)C)c(C(=O)NCc3ccc(F)cc3)c2)c1. The van der Waals surface area contributed by atoms with E-state index in [0.717, 1.165) is 5.56 Å². The number of benzene rings is 3. The van der Waals surface area contributed by atoms with Gasteiger partial charge in [0.1, 0.15) is 11.6 Å². The molecular formula is C24H24FN3O3. The van der Waals surface area contributed by atoms with Crippen LogP contribution in [0.15, 0.2) is 66.7 Å². The van der Waals surface area contributed by atoms with Crippen molar-refractivity contribution in [3.8, 4) is 5.75 Å². The van der Waals surface area contributed by atoms with Crippen LogP contribution in [0.4, 0.5) is 15.8 Å². The lowest BCUT2D eigenvalue weighted by Gasteiger charge is -2.18. The van der Waals surface area contributed by atoms with Gasteiger partial charge >= 0.3 is 0 Å². The highest BCUT2D eigenvalue weighted by molar-refractivity contribution is 6.06. The molecule has 0 aliphatic carbocycles. The Labute approximate surface area is 180 Å². The number of rotatable bonds is 7. The lowest BCUT2D eigenvalue weighted by molar-refractivity contribution is 0.0950. The summed E-state index contributed by atoms with van der Waals surface area (Å²) >= 11 is 0. The maximum atomic E-state index is 13.1. The molecule has 0 fully saturated rings. The largest absolute Gasteiger partial charge is 0.497 e. The molecule has 2 N–H and O–H groups in total. The number of nitrogens with one attached hydrogen (secondary N) is 2. The normalized spacial score (nSPS) is 10.3. The quantitative estimate of drug-likeness (QED) is 0.603. The number of anilines is 2. The Hall–Kier alpha value is -3.87. The van der Waals surface area contributed by atoms with Crippen LogP contribution in [0.3, 0.4) is 0 Å². The Balaban J connectivity index is 1.78. The standard InChI is InChI=1S/C24H24FN3O3/c1-28(2)22-12-11-19(27-23(29)17-5-4-6-20(13-17)31-3)14-21(22)24(30)26-15-16-7-9-18(25)10-8-16/h4-14H,15H2,1-3H3,(H,26,30)(H,27,29). The molecule has 0 unspecified atom stereocenters. The highest BCUT2D eigenvalue weighted by Crippen LogP contribution is 2.24. The fraction of sp³-hybridized carbons (Fsp3) is 0.167. The molecule has 3 aromatic carbocycles. The van der Waals surface area contributed by atoms with Crippen molar-refractivity contribution in [1.29, 1.82) is 0 Å². The molecule has 7 heteroatoms. The smallest absolute Gasteiger partial charge is 0.255 e. The molecule has 0 radical (unpaired) electrons. The van der Waals surface area contributed by atoms with Gasteiger partial charge in [0.2, 0.25) is 0 Å². The molecule has 0 aliphatic heterocycles. The van der Waals surface area contributed by atoms with E-state index in [2.05, 4.69) is 10.6 Å². The third kappa shape index (κ3) is 5.60. The van der Waals surface area contributed by atoms with Gasteiger partial charge in [0, 0.05) is 37.6 Å². The summed E-state index contributed by atoms with van der Waals surface area (Å²) in [7, 11) is 5.20. The van der Waals surface area contributed by atoms with Crippen LogP contribution in [0, 0.1) is 5.82 Å². The minimum absolute atomic E-state index is 0.256. The number of hydrogen-bond acceptors (Lipinski definition) is 4. The van der Waals surface area contributed by atoms with Crippen LogP contribution in [0.25, 0.3) is 0 Å². The second-order valence-corrected chi connectivity index (χ2v) is 7.12. The van der Waals surface area contributed by atoms with Gasteiger partial charge in [-0.1, -0.05) is 18.2 Å². The second kappa shape index (κ2) is 9.75. The molecule has 2 amide bonds. The van der Waals surface area contributed by atoms with Gasteiger partial charge in [-0.3, -0.25) is 9.59 Å². The molecule has 0 saturated carbocycles. The van der Waals surface area contributed by atoms with E-state index in [4.69, 9.17) is 4.74 Å². The molecule has 3 rings (SSSR count). The molecule has 0 bridgehead atoms.